The van der Waals surface area contributed by atoms with E-state index in [1.165, 1.54) is 30.3 Å². The van der Waals surface area contributed by atoms with E-state index in [9.17, 15) is 4.79 Å². The maximum Gasteiger partial charge on any atom is 0.209 e. The number of thioether (sulfide) groups is 1. The van der Waals surface area contributed by atoms with Gasteiger partial charge in [-0.15, -0.1) is 5.10 Å². The third kappa shape index (κ3) is 3.26. The van der Waals surface area contributed by atoms with Crippen LogP contribution in [0.25, 0.3) is 11.4 Å². The van der Waals surface area contributed by atoms with Crippen molar-refractivity contribution in [3.05, 3.63) is 53.3 Å². The number of Topliss-reactive ketones (excluding diaryl/α,β-unsaturated/α-hetero) is 1. The Morgan fingerprint density at radius 1 is 1.28 bits per heavy atom. The summed E-state index contributed by atoms with van der Waals surface area (Å²) in [5.41, 5.74) is 4.08. The molecule has 0 bridgehead atoms. The molecule has 25 heavy (non-hydrogen) atoms. The lowest BCUT2D eigenvalue weighted by atomic mass is 10.2. The Balaban J connectivity index is 1.44. The number of nitrogens with one attached hydrogen (secondary N) is 1. The Kier molecular flexibility index (Phi) is 4.21. The van der Waals surface area contributed by atoms with Crippen LogP contribution in [-0.2, 0) is 0 Å². The number of carbonyl (C=O) groups is 1. The fraction of sp³-hybridized carbons (Fsp3) is 0.316. The van der Waals surface area contributed by atoms with Gasteiger partial charge in [-0.05, 0) is 32.8 Å². The van der Waals surface area contributed by atoms with Crippen molar-refractivity contribution in [3.63, 3.8) is 0 Å². The third-order valence-corrected chi connectivity index (χ3v) is 5.39. The van der Waals surface area contributed by atoms with Gasteiger partial charge in [0.05, 0.1) is 5.75 Å². The smallest absolute Gasteiger partial charge is 0.209 e. The highest BCUT2D eigenvalue weighted by Gasteiger charge is 2.28. The van der Waals surface area contributed by atoms with Gasteiger partial charge in [0.1, 0.15) is 0 Å². The van der Waals surface area contributed by atoms with Gasteiger partial charge in [-0.3, -0.25) is 9.89 Å². The van der Waals surface area contributed by atoms with Crippen LogP contribution in [0.2, 0.25) is 0 Å². The number of aromatic nitrogens is 4. The summed E-state index contributed by atoms with van der Waals surface area (Å²) in [7, 11) is 0. The second-order valence-electron chi connectivity index (χ2n) is 6.43. The molecular formula is C19H20N4OS. The number of carbonyl (C=O) groups excluding carboxylic acids is 1. The minimum atomic E-state index is 0.135. The zero-order chi connectivity index (χ0) is 17.4. The minimum Gasteiger partial charge on any atom is -0.345 e. The van der Waals surface area contributed by atoms with Gasteiger partial charge >= 0.3 is 0 Å². The van der Waals surface area contributed by atoms with Crippen LogP contribution in [0, 0.1) is 13.8 Å². The molecule has 1 N–H and O–H groups in total. The van der Waals surface area contributed by atoms with Crippen molar-refractivity contribution < 1.29 is 4.79 Å². The van der Waals surface area contributed by atoms with E-state index in [0.29, 0.717) is 17.0 Å². The third-order valence-electron chi connectivity index (χ3n) is 4.54. The molecule has 2 heterocycles. The molecule has 1 aliphatic carbocycles. The number of ketones is 1. The zero-order valence-electron chi connectivity index (χ0n) is 14.3. The molecule has 4 rings (SSSR count). The predicted octanol–water partition coefficient (Wildman–Crippen LogP) is 4.20. The summed E-state index contributed by atoms with van der Waals surface area (Å²) in [5.74, 6) is 1.21. The normalized spacial score (nSPS) is 14.0. The van der Waals surface area contributed by atoms with Crippen molar-refractivity contribution >= 4 is 17.5 Å². The Hall–Kier alpha value is -2.34. The lowest BCUT2D eigenvalue weighted by Gasteiger charge is -2.07. The van der Waals surface area contributed by atoms with Gasteiger partial charge in [-0.25, -0.2) is 4.98 Å². The summed E-state index contributed by atoms with van der Waals surface area (Å²) in [5, 5.41) is 7.75. The first-order chi connectivity index (χ1) is 12.1. The number of hydrogen-bond acceptors (Lipinski definition) is 4. The van der Waals surface area contributed by atoms with E-state index in [2.05, 4.69) is 26.7 Å². The molecule has 1 aromatic carbocycles. The van der Waals surface area contributed by atoms with E-state index >= 15 is 0 Å². The van der Waals surface area contributed by atoms with Crippen LogP contribution >= 0.6 is 11.8 Å². The van der Waals surface area contributed by atoms with Gasteiger partial charge in [-0.2, -0.15) is 0 Å². The molecule has 0 unspecified atom stereocenters. The highest BCUT2D eigenvalue weighted by molar-refractivity contribution is 7.99. The molecule has 0 atom stereocenters. The Morgan fingerprint density at radius 2 is 2.04 bits per heavy atom. The molecule has 128 valence electrons. The van der Waals surface area contributed by atoms with E-state index in [1.54, 1.807) is 0 Å². The molecular weight excluding hydrogens is 332 g/mol. The number of hydrogen-bond donors (Lipinski definition) is 1. The summed E-state index contributed by atoms with van der Waals surface area (Å²) >= 11 is 1.37. The van der Waals surface area contributed by atoms with Crippen LogP contribution < -0.4 is 0 Å². The first-order valence-corrected chi connectivity index (χ1v) is 9.44. The number of benzene rings is 1. The van der Waals surface area contributed by atoms with Crippen LogP contribution in [0.3, 0.4) is 0 Å². The predicted molar refractivity (Wildman–Crippen MR) is 99.1 cm³/mol. The standard InChI is InChI=1S/C19H20N4OS/c1-12-10-16(13(2)23(12)15-8-9-15)17(24)11-25-19-20-18(21-22-19)14-6-4-3-5-7-14/h3-7,10,15H,8-9,11H2,1-2H3,(H,20,21,22). The van der Waals surface area contributed by atoms with Crippen LogP contribution in [0.4, 0.5) is 0 Å². The SMILES string of the molecule is Cc1cc(C(=O)CSc2n[nH]c(-c3ccccc3)n2)c(C)n1C1CC1. The quantitative estimate of drug-likeness (QED) is 0.533. The maximum absolute atomic E-state index is 12.6. The topological polar surface area (TPSA) is 63.6 Å². The van der Waals surface area contributed by atoms with Gasteiger partial charge in [0.25, 0.3) is 0 Å². The van der Waals surface area contributed by atoms with E-state index in [1.807, 2.05) is 43.3 Å². The van der Waals surface area contributed by atoms with E-state index in [4.69, 9.17) is 0 Å². The number of aromatic amines is 1. The van der Waals surface area contributed by atoms with Crippen molar-refractivity contribution in [2.45, 2.75) is 37.9 Å². The van der Waals surface area contributed by atoms with Gasteiger partial charge in [0.2, 0.25) is 5.16 Å². The average Bonchev–Trinajstić information content (AvgIpc) is 3.25. The summed E-state index contributed by atoms with van der Waals surface area (Å²) in [4.78, 5) is 17.1. The Morgan fingerprint density at radius 3 is 2.76 bits per heavy atom. The molecule has 3 aromatic rings. The van der Waals surface area contributed by atoms with Gasteiger partial charge in [0.15, 0.2) is 11.6 Å². The van der Waals surface area contributed by atoms with Crippen LogP contribution in [0.5, 0.6) is 0 Å². The first kappa shape index (κ1) is 16.1. The van der Waals surface area contributed by atoms with Crippen LogP contribution in [0.1, 0.15) is 40.6 Å². The number of aryl methyl sites for hydroxylation is 1. The van der Waals surface area contributed by atoms with Crippen molar-refractivity contribution in [1.29, 1.82) is 0 Å². The zero-order valence-corrected chi connectivity index (χ0v) is 15.1. The second kappa shape index (κ2) is 6.52. The lowest BCUT2D eigenvalue weighted by molar-refractivity contribution is 0.102. The van der Waals surface area contributed by atoms with Crippen LogP contribution in [0.15, 0.2) is 41.6 Å². The monoisotopic (exact) mass is 352 g/mol. The van der Waals surface area contributed by atoms with Crippen molar-refractivity contribution in [1.82, 2.24) is 19.7 Å². The fourth-order valence-electron chi connectivity index (χ4n) is 3.20. The molecule has 0 aliphatic heterocycles. The van der Waals surface area contributed by atoms with E-state index in [0.717, 1.165) is 22.6 Å². The Labute approximate surface area is 150 Å². The molecule has 1 fully saturated rings. The minimum absolute atomic E-state index is 0.135. The van der Waals surface area contributed by atoms with Gasteiger partial charge in [0, 0.05) is 28.6 Å². The average molecular weight is 352 g/mol. The number of H-pyrrole nitrogens is 1. The fourth-order valence-corrected chi connectivity index (χ4v) is 3.88. The first-order valence-electron chi connectivity index (χ1n) is 8.45. The van der Waals surface area contributed by atoms with Gasteiger partial charge < -0.3 is 4.57 Å². The molecule has 1 aliphatic rings. The summed E-state index contributed by atoms with van der Waals surface area (Å²) in [6.45, 7) is 4.13. The molecule has 0 amide bonds. The molecule has 0 radical (unpaired) electrons. The summed E-state index contributed by atoms with van der Waals surface area (Å²) in [6.07, 6.45) is 2.44. The highest BCUT2D eigenvalue weighted by atomic mass is 32.2. The molecule has 0 saturated heterocycles. The summed E-state index contributed by atoms with van der Waals surface area (Å²) in [6, 6.07) is 12.5. The van der Waals surface area contributed by atoms with Gasteiger partial charge in [-0.1, -0.05) is 42.1 Å². The van der Waals surface area contributed by atoms with Crippen molar-refractivity contribution in [2.75, 3.05) is 5.75 Å². The number of nitrogens with zero attached hydrogens (tertiary/aromatic N) is 3. The summed E-state index contributed by atoms with van der Waals surface area (Å²) < 4.78 is 2.30. The Bertz CT molecular complexity index is 909. The largest absolute Gasteiger partial charge is 0.345 e. The molecule has 6 heteroatoms. The van der Waals surface area contributed by atoms with E-state index in [-0.39, 0.29) is 5.78 Å². The molecule has 0 spiro atoms. The molecule has 2 aromatic heterocycles. The maximum atomic E-state index is 12.6. The van der Waals surface area contributed by atoms with Crippen LogP contribution in [-0.4, -0.2) is 31.3 Å². The lowest BCUT2D eigenvalue weighted by Crippen LogP contribution is -2.06. The molecule has 1 saturated carbocycles. The molecule has 5 nitrogen and oxygen atoms in total. The highest BCUT2D eigenvalue weighted by Crippen LogP contribution is 2.38. The van der Waals surface area contributed by atoms with E-state index < -0.39 is 0 Å². The van der Waals surface area contributed by atoms with Crippen molar-refractivity contribution in [2.24, 2.45) is 0 Å². The second-order valence-corrected chi connectivity index (χ2v) is 7.37. The van der Waals surface area contributed by atoms with Crippen molar-refractivity contribution in [3.8, 4) is 11.4 Å². The number of rotatable bonds is 6.